The molecule has 2 aromatic rings. The summed E-state index contributed by atoms with van der Waals surface area (Å²) in [6.45, 7) is 1.78. The molecule has 2 aromatic carbocycles. The Labute approximate surface area is 113 Å². The number of nitrogens with two attached hydrogens (primary N) is 1. The van der Waals surface area contributed by atoms with E-state index in [0.717, 1.165) is 4.47 Å². The van der Waals surface area contributed by atoms with Gasteiger partial charge in [-0.3, -0.25) is 0 Å². The number of benzene rings is 2. The van der Waals surface area contributed by atoms with Crippen molar-refractivity contribution in [1.82, 2.24) is 0 Å². The summed E-state index contributed by atoms with van der Waals surface area (Å²) in [5, 5.41) is 0.486. The summed E-state index contributed by atoms with van der Waals surface area (Å²) >= 11 is 9.50. The van der Waals surface area contributed by atoms with Crippen molar-refractivity contribution in [2.75, 3.05) is 5.73 Å². The molecule has 1 nitrogen and oxygen atoms in total. The monoisotopic (exact) mass is 313 g/mol. The van der Waals surface area contributed by atoms with Crippen LogP contribution in [0.25, 0.3) is 11.1 Å². The predicted molar refractivity (Wildman–Crippen MR) is 73.7 cm³/mol. The fourth-order valence-corrected chi connectivity index (χ4v) is 2.31. The van der Waals surface area contributed by atoms with Crippen molar-refractivity contribution in [3.63, 3.8) is 0 Å². The lowest BCUT2D eigenvalue weighted by molar-refractivity contribution is 0.630. The maximum Gasteiger partial charge on any atom is 0.131 e. The summed E-state index contributed by atoms with van der Waals surface area (Å²) in [6.07, 6.45) is 0. The van der Waals surface area contributed by atoms with Crippen molar-refractivity contribution >= 4 is 33.2 Å². The van der Waals surface area contributed by atoms with Gasteiger partial charge < -0.3 is 5.73 Å². The molecule has 17 heavy (non-hydrogen) atoms. The van der Waals surface area contributed by atoms with Crippen molar-refractivity contribution in [2.45, 2.75) is 6.92 Å². The van der Waals surface area contributed by atoms with Gasteiger partial charge in [0.25, 0.3) is 0 Å². The third kappa shape index (κ3) is 2.17. The Hall–Kier alpha value is -1.06. The molecule has 2 N–H and O–H groups in total. The van der Waals surface area contributed by atoms with E-state index in [9.17, 15) is 4.39 Å². The van der Waals surface area contributed by atoms with Gasteiger partial charge in [0.15, 0.2) is 0 Å². The van der Waals surface area contributed by atoms with Crippen molar-refractivity contribution < 1.29 is 4.39 Å². The Bertz CT molecular complexity index is 584. The summed E-state index contributed by atoms with van der Waals surface area (Å²) < 4.78 is 14.6. The minimum absolute atomic E-state index is 0.322. The SMILES string of the molecule is Cc1c(N)ccc(F)c1-c1cccc(Br)c1Cl. The zero-order valence-electron chi connectivity index (χ0n) is 9.10. The second-order valence-corrected chi connectivity index (χ2v) is 4.97. The van der Waals surface area contributed by atoms with Gasteiger partial charge in [-0.25, -0.2) is 4.39 Å². The molecule has 0 saturated heterocycles. The highest BCUT2D eigenvalue weighted by Gasteiger charge is 2.14. The topological polar surface area (TPSA) is 26.0 Å². The minimum atomic E-state index is -0.322. The molecular formula is C13H10BrClFN. The Morgan fingerprint density at radius 3 is 2.65 bits per heavy atom. The van der Waals surface area contributed by atoms with E-state index in [0.29, 0.717) is 27.4 Å². The van der Waals surface area contributed by atoms with Gasteiger partial charge in [-0.15, -0.1) is 0 Å². The van der Waals surface area contributed by atoms with Gasteiger partial charge in [-0.05, 0) is 46.6 Å². The summed E-state index contributed by atoms with van der Waals surface area (Å²) in [5.41, 5.74) is 8.14. The zero-order chi connectivity index (χ0) is 12.6. The molecule has 2 rings (SSSR count). The van der Waals surface area contributed by atoms with E-state index in [1.165, 1.54) is 6.07 Å². The molecule has 0 fully saturated rings. The third-order valence-corrected chi connectivity index (χ3v) is 3.97. The number of anilines is 1. The van der Waals surface area contributed by atoms with Gasteiger partial charge in [-0.1, -0.05) is 23.7 Å². The van der Waals surface area contributed by atoms with E-state index in [1.807, 2.05) is 12.1 Å². The lowest BCUT2D eigenvalue weighted by Crippen LogP contribution is -1.96. The van der Waals surface area contributed by atoms with Gasteiger partial charge >= 0.3 is 0 Å². The van der Waals surface area contributed by atoms with Crippen molar-refractivity contribution in [3.05, 3.63) is 51.2 Å². The molecule has 0 unspecified atom stereocenters. The van der Waals surface area contributed by atoms with Crippen molar-refractivity contribution in [3.8, 4) is 11.1 Å². The van der Waals surface area contributed by atoms with Crippen LogP contribution in [0.2, 0.25) is 5.02 Å². The molecule has 0 radical (unpaired) electrons. The van der Waals surface area contributed by atoms with Crippen LogP contribution in [0.1, 0.15) is 5.56 Å². The zero-order valence-corrected chi connectivity index (χ0v) is 11.4. The Morgan fingerprint density at radius 1 is 1.24 bits per heavy atom. The van der Waals surface area contributed by atoms with E-state index in [-0.39, 0.29) is 5.82 Å². The largest absolute Gasteiger partial charge is 0.398 e. The lowest BCUT2D eigenvalue weighted by Gasteiger charge is -2.12. The van der Waals surface area contributed by atoms with Crippen LogP contribution in [0.3, 0.4) is 0 Å². The summed E-state index contributed by atoms with van der Waals surface area (Å²) in [5.74, 6) is -0.322. The molecule has 88 valence electrons. The highest BCUT2D eigenvalue weighted by molar-refractivity contribution is 9.10. The predicted octanol–water partition coefficient (Wildman–Crippen LogP) is 4.80. The number of rotatable bonds is 1. The van der Waals surface area contributed by atoms with E-state index in [1.54, 1.807) is 19.1 Å². The van der Waals surface area contributed by atoms with Crippen LogP contribution in [-0.2, 0) is 0 Å². The fourth-order valence-electron chi connectivity index (χ4n) is 1.72. The molecular weight excluding hydrogens is 305 g/mol. The molecule has 0 heterocycles. The Balaban J connectivity index is 2.77. The molecule has 0 bridgehead atoms. The average Bonchev–Trinajstić information content (AvgIpc) is 2.30. The van der Waals surface area contributed by atoms with E-state index in [2.05, 4.69) is 15.9 Å². The van der Waals surface area contributed by atoms with Gasteiger partial charge in [0.05, 0.1) is 5.02 Å². The Morgan fingerprint density at radius 2 is 1.94 bits per heavy atom. The van der Waals surface area contributed by atoms with E-state index >= 15 is 0 Å². The van der Waals surface area contributed by atoms with E-state index in [4.69, 9.17) is 17.3 Å². The molecule has 0 aliphatic heterocycles. The van der Waals surface area contributed by atoms with Crippen molar-refractivity contribution in [1.29, 1.82) is 0 Å². The lowest BCUT2D eigenvalue weighted by atomic mass is 9.98. The summed E-state index contributed by atoms with van der Waals surface area (Å²) in [6, 6.07) is 8.31. The van der Waals surface area contributed by atoms with E-state index < -0.39 is 0 Å². The highest BCUT2D eigenvalue weighted by atomic mass is 79.9. The van der Waals surface area contributed by atoms with Gasteiger partial charge in [-0.2, -0.15) is 0 Å². The first kappa shape index (κ1) is 12.4. The van der Waals surface area contributed by atoms with Crippen LogP contribution >= 0.6 is 27.5 Å². The molecule has 0 aliphatic rings. The number of hydrogen-bond acceptors (Lipinski definition) is 1. The number of hydrogen-bond donors (Lipinski definition) is 1. The average molecular weight is 315 g/mol. The molecule has 0 aliphatic carbocycles. The van der Waals surface area contributed by atoms with Gasteiger partial charge in [0, 0.05) is 21.3 Å². The van der Waals surface area contributed by atoms with Crippen LogP contribution in [-0.4, -0.2) is 0 Å². The highest BCUT2D eigenvalue weighted by Crippen LogP contribution is 2.37. The third-order valence-electron chi connectivity index (χ3n) is 2.68. The standard InChI is InChI=1S/C13H10BrClFN/c1-7-11(17)6-5-10(16)12(7)8-3-2-4-9(14)13(8)15/h2-6H,17H2,1H3. The number of halogens is 3. The molecule has 0 aromatic heterocycles. The summed E-state index contributed by atoms with van der Waals surface area (Å²) in [4.78, 5) is 0. The van der Waals surface area contributed by atoms with Crippen LogP contribution in [0, 0.1) is 12.7 Å². The second-order valence-electron chi connectivity index (χ2n) is 3.74. The van der Waals surface area contributed by atoms with Gasteiger partial charge in [0.2, 0.25) is 0 Å². The van der Waals surface area contributed by atoms with Crippen LogP contribution in [0.15, 0.2) is 34.8 Å². The smallest absolute Gasteiger partial charge is 0.131 e. The fraction of sp³-hybridized carbons (Fsp3) is 0.0769. The van der Waals surface area contributed by atoms with Crippen LogP contribution in [0.5, 0.6) is 0 Å². The second kappa shape index (κ2) is 4.67. The molecule has 0 spiro atoms. The molecule has 0 saturated carbocycles. The maximum atomic E-state index is 13.9. The first-order valence-corrected chi connectivity index (χ1v) is 6.18. The normalized spacial score (nSPS) is 10.6. The van der Waals surface area contributed by atoms with Crippen LogP contribution < -0.4 is 5.73 Å². The maximum absolute atomic E-state index is 13.9. The summed E-state index contributed by atoms with van der Waals surface area (Å²) in [7, 11) is 0. The van der Waals surface area contributed by atoms with Crippen LogP contribution in [0.4, 0.5) is 10.1 Å². The first-order chi connectivity index (χ1) is 8.02. The quantitative estimate of drug-likeness (QED) is 0.752. The van der Waals surface area contributed by atoms with Crippen molar-refractivity contribution in [2.24, 2.45) is 0 Å². The Kier molecular flexibility index (Phi) is 3.40. The van der Waals surface area contributed by atoms with Gasteiger partial charge in [0.1, 0.15) is 5.82 Å². The molecule has 0 atom stereocenters. The number of nitrogen functional groups attached to an aromatic ring is 1. The minimum Gasteiger partial charge on any atom is -0.398 e. The molecule has 0 amide bonds. The first-order valence-electron chi connectivity index (χ1n) is 5.01. The molecule has 4 heteroatoms.